The zero-order valence-electron chi connectivity index (χ0n) is 11.0. The average Bonchev–Trinajstić information content (AvgIpc) is 2.63. The minimum absolute atomic E-state index is 0.0158. The van der Waals surface area contributed by atoms with E-state index in [1.54, 1.807) is 7.05 Å². The van der Waals surface area contributed by atoms with Crippen molar-refractivity contribution in [1.29, 1.82) is 0 Å². The van der Waals surface area contributed by atoms with Gasteiger partial charge in [-0.1, -0.05) is 6.07 Å². The summed E-state index contributed by atoms with van der Waals surface area (Å²) in [5.74, 6) is 0.769. The number of anilines is 1. The van der Waals surface area contributed by atoms with Gasteiger partial charge >= 0.3 is 0 Å². The molecule has 5 nitrogen and oxygen atoms in total. The van der Waals surface area contributed by atoms with Crippen LogP contribution in [0.4, 0.5) is 5.69 Å². The Labute approximate surface area is 107 Å². The summed E-state index contributed by atoms with van der Waals surface area (Å²) in [4.78, 5) is 13.7. The summed E-state index contributed by atoms with van der Waals surface area (Å²) in [6.07, 6.45) is 0. The number of hydrogen-bond donors (Lipinski definition) is 2. The topological polar surface area (TPSA) is 53.6 Å². The first-order chi connectivity index (χ1) is 8.61. The number of amides is 1. The summed E-state index contributed by atoms with van der Waals surface area (Å²) < 4.78 is 5.63. The third kappa shape index (κ3) is 2.63. The highest BCUT2D eigenvalue weighted by Crippen LogP contribution is 2.33. The summed E-state index contributed by atoms with van der Waals surface area (Å²) in [6.45, 7) is 1.50. The Morgan fingerprint density at radius 3 is 2.89 bits per heavy atom. The normalized spacial score (nSPS) is 17.8. The number of carbonyl (C=O) groups excluding carboxylic acids is 1. The fraction of sp³-hybridized carbons (Fsp3) is 0.462. The van der Waals surface area contributed by atoms with Crippen molar-refractivity contribution in [2.45, 2.75) is 6.04 Å². The van der Waals surface area contributed by atoms with Gasteiger partial charge in [0.05, 0.1) is 0 Å². The van der Waals surface area contributed by atoms with Crippen LogP contribution in [0.25, 0.3) is 0 Å². The van der Waals surface area contributed by atoms with E-state index in [0.717, 1.165) is 23.5 Å². The second-order valence-electron chi connectivity index (χ2n) is 4.61. The van der Waals surface area contributed by atoms with E-state index in [2.05, 4.69) is 15.5 Å². The van der Waals surface area contributed by atoms with Crippen LogP contribution in [0.2, 0.25) is 0 Å². The quantitative estimate of drug-likeness (QED) is 0.812. The van der Waals surface area contributed by atoms with Gasteiger partial charge in [-0.15, -0.1) is 0 Å². The molecule has 18 heavy (non-hydrogen) atoms. The largest absolute Gasteiger partial charge is 0.492 e. The van der Waals surface area contributed by atoms with Gasteiger partial charge in [0.1, 0.15) is 18.4 Å². The molecule has 1 aromatic carbocycles. The fourth-order valence-corrected chi connectivity index (χ4v) is 1.96. The minimum atomic E-state index is -0.254. The van der Waals surface area contributed by atoms with Crippen molar-refractivity contribution in [2.75, 3.05) is 39.6 Å². The van der Waals surface area contributed by atoms with Crippen molar-refractivity contribution in [2.24, 2.45) is 0 Å². The van der Waals surface area contributed by atoms with Crippen molar-refractivity contribution in [1.82, 2.24) is 10.2 Å². The lowest BCUT2D eigenvalue weighted by molar-refractivity contribution is -0.117. The highest BCUT2D eigenvalue weighted by Gasteiger charge is 2.29. The molecule has 1 heterocycles. The number of ether oxygens (including phenoxy) is 1. The Morgan fingerprint density at radius 2 is 2.22 bits per heavy atom. The smallest absolute Gasteiger partial charge is 0.246 e. The van der Waals surface area contributed by atoms with E-state index < -0.39 is 0 Å². The van der Waals surface area contributed by atoms with Gasteiger partial charge < -0.3 is 20.3 Å². The summed E-state index contributed by atoms with van der Waals surface area (Å²) >= 11 is 0. The first kappa shape index (κ1) is 12.9. The lowest BCUT2D eigenvalue weighted by Crippen LogP contribution is -2.23. The molecule has 0 radical (unpaired) electrons. The number of hydrogen-bond acceptors (Lipinski definition) is 4. The number of rotatable bonds is 5. The van der Waals surface area contributed by atoms with Crippen molar-refractivity contribution in [3.8, 4) is 5.75 Å². The predicted octanol–water partition coefficient (Wildman–Crippen LogP) is 0.840. The molecule has 1 aliphatic rings. The standard InChI is InChI=1S/C13H19N3O2/c1-14-12-10-5-4-9(18-7-6-16(2)3)8-11(10)15-13(12)17/h4-5,8,12,14H,6-7H2,1-3H3,(H,15,17). The van der Waals surface area contributed by atoms with E-state index in [9.17, 15) is 4.79 Å². The Balaban J connectivity index is 2.05. The third-order valence-corrected chi connectivity index (χ3v) is 2.95. The van der Waals surface area contributed by atoms with E-state index in [0.29, 0.717) is 6.61 Å². The molecule has 98 valence electrons. The van der Waals surface area contributed by atoms with E-state index in [-0.39, 0.29) is 11.9 Å². The summed E-state index contributed by atoms with van der Waals surface area (Å²) in [6, 6.07) is 5.45. The molecule has 1 atom stereocenters. The van der Waals surface area contributed by atoms with Gasteiger partial charge in [-0.3, -0.25) is 4.79 Å². The number of nitrogens with zero attached hydrogens (tertiary/aromatic N) is 1. The molecule has 0 fully saturated rings. The van der Waals surface area contributed by atoms with Crippen molar-refractivity contribution < 1.29 is 9.53 Å². The van der Waals surface area contributed by atoms with Crippen LogP contribution in [-0.4, -0.2) is 45.1 Å². The zero-order valence-corrected chi connectivity index (χ0v) is 11.0. The number of nitrogens with one attached hydrogen (secondary N) is 2. The lowest BCUT2D eigenvalue weighted by atomic mass is 10.1. The Hall–Kier alpha value is -1.59. The molecule has 1 aromatic rings. The molecule has 2 rings (SSSR count). The maximum Gasteiger partial charge on any atom is 0.246 e. The molecule has 0 aromatic heterocycles. The van der Waals surface area contributed by atoms with Gasteiger partial charge in [-0.05, 0) is 27.2 Å². The molecular weight excluding hydrogens is 230 g/mol. The Kier molecular flexibility index (Phi) is 3.84. The first-order valence-electron chi connectivity index (χ1n) is 6.01. The average molecular weight is 249 g/mol. The maximum absolute atomic E-state index is 11.7. The molecule has 2 N–H and O–H groups in total. The van der Waals surface area contributed by atoms with Gasteiger partial charge in [0, 0.05) is 23.9 Å². The highest BCUT2D eigenvalue weighted by molar-refractivity contribution is 6.02. The fourth-order valence-electron chi connectivity index (χ4n) is 1.96. The van der Waals surface area contributed by atoms with Crippen LogP contribution in [0.1, 0.15) is 11.6 Å². The van der Waals surface area contributed by atoms with Gasteiger partial charge in [-0.25, -0.2) is 0 Å². The van der Waals surface area contributed by atoms with Crippen LogP contribution in [0, 0.1) is 0 Å². The predicted molar refractivity (Wildman–Crippen MR) is 70.9 cm³/mol. The number of likely N-dealkylation sites (N-methyl/N-ethyl adjacent to an activating group) is 2. The van der Waals surface area contributed by atoms with Gasteiger partial charge in [0.15, 0.2) is 0 Å². The first-order valence-corrected chi connectivity index (χ1v) is 6.01. The number of carbonyl (C=O) groups is 1. The van der Waals surface area contributed by atoms with Gasteiger partial charge in [-0.2, -0.15) is 0 Å². The van der Waals surface area contributed by atoms with Crippen LogP contribution in [0.5, 0.6) is 5.75 Å². The van der Waals surface area contributed by atoms with Crippen LogP contribution in [0.3, 0.4) is 0 Å². The van der Waals surface area contributed by atoms with E-state index in [1.807, 2.05) is 32.3 Å². The summed E-state index contributed by atoms with van der Waals surface area (Å²) in [5.41, 5.74) is 1.81. The molecule has 0 spiro atoms. The molecular formula is C13H19N3O2. The molecule has 0 saturated carbocycles. The van der Waals surface area contributed by atoms with Gasteiger partial charge in [0.25, 0.3) is 0 Å². The van der Waals surface area contributed by atoms with E-state index in [1.165, 1.54) is 0 Å². The summed E-state index contributed by atoms with van der Waals surface area (Å²) in [7, 11) is 5.79. The zero-order chi connectivity index (χ0) is 13.1. The highest BCUT2D eigenvalue weighted by atomic mass is 16.5. The molecule has 0 saturated heterocycles. The SMILES string of the molecule is CNC1C(=O)Nc2cc(OCCN(C)C)ccc21. The Bertz CT molecular complexity index is 446. The molecule has 0 bridgehead atoms. The third-order valence-electron chi connectivity index (χ3n) is 2.95. The monoisotopic (exact) mass is 249 g/mol. The Morgan fingerprint density at radius 1 is 1.44 bits per heavy atom. The molecule has 1 unspecified atom stereocenters. The lowest BCUT2D eigenvalue weighted by Gasteiger charge is -2.12. The second kappa shape index (κ2) is 5.37. The van der Waals surface area contributed by atoms with Crippen LogP contribution < -0.4 is 15.4 Å². The van der Waals surface area contributed by atoms with Crippen molar-refractivity contribution in [3.63, 3.8) is 0 Å². The molecule has 1 aliphatic heterocycles. The second-order valence-corrected chi connectivity index (χ2v) is 4.61. The maximum atomic E-state index is 11.7. The molecule has 5 heteroatoms. The van der Waals surface area contributed by atoms with Crippen molar-refractivity contribution in [3.05, 3.63) is 23.8 Å². The van der Waals surface area contributed by atoms with E-state index in [4.69, 9.17) is 4.74 Å². The van der Waals surface area contributed by atoms with Gasteiger partial charge in [0.2, 0.25) is 5.91 Å². The number of fused-ring (bicyclic) bond motifs is 1. The summed E-state index contributed by atoms with van der Waals surface area (Å²) in [5, 5.41) is 5.83. The van der Waals surface area contributed by atoms with Crippen molar-refractivity contribution >= 4 is 11.6 Å². The minimum Gasteiger partial charge on any atom is -0.492 e. The molecule has 0 aliphatic carbocycles. The van der Waals surface area contributed by atoms with Crippen LogP contribution in [-0.2, 0) is 4.79 Å². The molecule has 1 amide bonds. The van der Waals surface area contributed by atoms with Crippen LogP contribution in [0.15, 0.2) is 18.2 Å². The van der Waals surface area contributed by atoms with Crippen LogP contribution >= 0.6 is 0 Å². The van der Waals surface area contributed by atoms with E-state index >= 15 is 0 Å². The number of benzene rings is 1.